The number of carbonyl (C=O) groups is 2. The largest absolute Gasteiger partial charge is 0.506 e. The van der Waals surface area contributed by atoms with Crippen LogP contribution in [0.1, 0.15) is 17.5 Å². The zero-order valence-electron chi connectivity index (χ0n) is 18.0. The molecule has 0 bridgehead atoms. The molecule has 1 atom stereocenters. The first-order chi connectivity index (χ1) is 15.0. The van der Waals surface area contributed by atoms with Crippen LogP contribution in [0, 0.1) is 6.92 Å². The molecule has 2 aliphatic heterocycles. The van der Waals surface area contributed by atoms with Crippen molar-refractivity contribution in [2.24, 2.45) is 0 Å². The second-order valence-corrected chi connectivity index (χ2v) is 8.32. The molecular formula is C24H30N4O3. The van der Waals surface area contributed by atoms with Gasteiger partial charge in [0.1, 0.15) is 5.75 Å². The van der Waals surface area contributed by atoms with Crippen molar-refractivity contribution in [3.63, 3.8) is 0 Å². The van der Waals surface area contributed by atoms with Crippen LogP contribution < -0.4 is 10.2 Å². The first-order valence-corrected chi connectivity index (χ1v) is 10.9. The smallest absolute Gasteiger partial charge is 0.237 e. The van der Waals surface area contributed by atoms with Crippen LogP contribution in [0.5, 0.6) is 5.75 Å². The van der Waals surface area contributed by atoms with Gasteiger partial charge in [0.15, 0.2) is 0 Å². The van der Waals surface area contributed by atoms with Crippen LogP contribution in [0.4, 0.5) is 5.69 Å². The minimum Gasteiger partial charge on any atom is -0.506 e. The van der Waals surface area contributed by atoms with E-state index in [1.165, 1.54) is 5.56 Å². The Labute approximate surface area is 183 Å². The first kappa shape index (κ1) is 21.2. The molecule has 4 rings (SSSR count). The number of piperazine rings is 2. The number of rotatable bonds is 5. The van der Waals surface area contributed by atoms with E-state index >= 15 is 0 Å². The van der Waals surface area contributed by atoms with E-state index in [4.69, 9.17) is 0 Å². The summed E-state index contributed by atoms with van der Waals surface area (Å²) < 4.78 is 0. The fourth-order valence-electron chi connectivity index (χ4n) is 4.32. The van der Waals surface area contributed by atoms with Gasteiger partial charge >= 0.3 is 0 Å². The third kappa shape index (κ3) is 4.99. The summed E-state index contributed by atoms with van der Waals surface area (Å²) in [5.41, 5.74) is 3.15. The summed E-state index contributed by atoms with van der Waals surface area (Å²) in [5.74, 6) is 0.195. The third-order valence-electron chi connectivity index (χ3n) is 6.17. The molecule has 0 saturated carbocycles. The molecule has 2 fully saturated rings. The number of para-hydroxylation sites is 2. The molecule has 0 aliphatic carbocycles. The molecule has 2 aliphatic rings. The zero-order valence-corrected chi connectivity index (χ0v) is 18.0. The van der Waals surface area contributed by atoms with Crippen LogP contribution in [-0.2, 0) is 16.1 Å². The van der Waals surface area contributed by atoms with E-state index in [9.17, 15) is 14.7 Å². The van der Waals surface area contributed by atoms with Gasteiger partial charge in [-0.2, -0.15) is 0 Å². The second kappa shape index (κ2) is 9.39. The molecule has 7 heteroatoms. The van der Waals surface area contributed by atoms with Crippen LogP contribution in [0.25, 0.3) is 0 Å². The molecule has 31 heavy (non-hydrogen) atoms. The van der Waals surface area contributed by atoms with Gasteiger partial charge in [-0.25, -0.2) is 0 Å². The normalized spacial score (nSPS) is 19.9. The molecule has 0 aromatic heterocycles. The third-order valence-corrected chi connectivity index (χ3v) is 6.17. The Bertz CT molecular complexity index is 923. The van der Waals surface area contributed by atoms with E-state index in [0.29, 0.717) is 39.3 Å². The molecule has 0 unspecified atom stereocenters. The highest BCUT2D eigenvalue weighted by Crippen LogP contribution is 2.27. The number of anilines is 1. The van der Waals surface area contributed by atoms with Gasteiger partial charge in [-0.05, 0) is 24.6 Å². The molecule has 2 N–H and O–H groups in total. The lowest BCUT2D eigenvalue weighted by molar-refractivity contribution is -0.139. The van der Waals surface area contributed by atoms with Crippen LogP contribution in [0.2, 0.25) is 0 Å². The summed E-state index contributed by atoms with van der Waals surface area (Å²) in [6.07, 6.45) is 0.189. The highest BCUT2D eigenvalue weighted by molar-refractivity contribution is 5.89. The average Bonchev–Trinajstić information content (AvgIpc) is 2.78. The monoisotopic (exact) mass is 422 g/mol. The fourth-order valence-corrected chi connectivity index (χ4v) is 4.32. The minimum atomic E-state index is -0.446. The van der Waals surface area contributed by atoms with Crippen molar-refractivity contribution in [3.8, 4) is 5.75 Å². The highest BCUT2D eigenvalue weighted by Gasteiger charge is 2.33. The van der Waals surface area contributed by atoms with Gasteiger partial charge in [-0.3, -0.25) is 14.5 Å². The molecule has 2 amide bonds. The topological polar surface area (TPSA) is 76.1 Å². The van der Waals surface area contributed by atoms with E-state index in [1.54, 1.807) is 12.1 Å². The number of carbonyl (C=O) groups excluding carboxylic acids is 2. The van der Waals surface area contributed by atoms with Crippen LogP contribution in [0.3, 0.4) is 0 Å². The van der Waals surface area contributed by atoms with Crippen molar-refractivity contribution >= 4 is 17.5 Å². The predicted octanol–water partition coefficient (Wildman–Crippen LogP) is 1.74. The molecule has 2 aromatic rings. The second-order valence-electron chi connectivity index (χ2n) is 8.32. The van der Waals surface area contributed by atoms with Gasteiger partial charge < -0.3 is 20.2 Å². The van der Waals surface area contributed by atoms with Crippen molar-refractivity contribution < 1.29 is 14.7 Å². The molecule has 164 valence electrons. The number of amides is 2. The number of phenols is 1. The van der Waals surface area contributed by atoms with Gasteiger partial charge in [0.05, 0.1) is 18.2 Å². The Hall–Kier alpha value is -3.06. The maximum atomic E-state index is 13.0. The molecule has 2 saturated heterocycles. The Kier molecular flexibility index (Phi) is 6.42. The molecule has 0 spiro atoms. The quantitative estimate of drug-likeness (QED) is 0.768. The van der Waals surface area contributed by atoms with Crippen molar-refractivity contribution in [2.75, 3.05) is 44.2 Å². The number of aryl methyl sites for hydroxylation is 1. The van der Waals surface area contributed by atoms with Gasteiger partial charge in [-0.15, -0.1) is 0 Å². The van der Waals surface area contributed by atoms with Gasteiger partial charge in [0, 0.05) is 45.8 Å². The summed E-state index contributed by atoms with van der Waals surface area (Å²) in [6.45, 7) is 6.54. The Morgan fingerprint density at radius 3 is 2.45 bits per heavy atom. The maximum absolute atomic E-state index is 13.0. The van der Waals surface area contributed by atoms with Crippen LogP contribution in [-0.4, -0.2) is 72.0 Å². The number of benzene rings is 2. The highest BCUT2D eigenvalue weighted by atomic mass is 16.3. The predicted molar refractivity (Wildman–Crippen MR) is 120 cm³/mol. The van der Waals surface area contributed by atoms with Crippen LogP contribution >= 0.6 is 0 Å². The fraction of sp³-hybridized carbons (Fsp3) is 0.417. The minimum absolute atomic E-state index is 0.00731. The summed E-state index contributed by atoms with van der Waals surface area (Å²) >= 11 is 0. The number of phenolic OH excluding ortho intramolecular Hbond substituents is 1. The zero-order chi connectivity index (χ0) is 21.8. The Morgan fingerprint density at radius 2 is 1.74 bits per heavy atom. The number of nitrogens with one attached hydrogen (secondary N) is 1. The summed E-state index contributed by atoms with van der Waals surface area (Å²) in [6, 6.07) is 15.1. The standard InChI is InChI=1S/C24H30N4O3/c1-18-6-8-19(9-7-18)17-28-11-10-25-24(31)21(28)16-23(30)27-14-12-26(13-15-27)20-4-2-3-5-22(20)29/h2-9,21,29H,10-17H2,1H3,(H,25,31)/t21-/m0/s1. The van der Waals surface area contributed by atoms with E-state index in [0.717, 1.165) is 17.8 Å². The maximum Gasteiger partial charge on any atom is 0.237 e. The van der Waals surface area contributed by atoms with Crippen molar-refractivity contribution in [2.45, 2.75) is 25.9 Å². The van der Waals surface area contributed by atoms with Gasteiger partial charge in [0.25, 0.3) is 0 Å². The molecule has 2 heterocycles. The molecule has 7 nitrogen and oxygen atoms in total. The number of aromatic hydroxyl groups is 1. The average molecular weight is 423 g/mol. The number of nitrogens with zero attached hydrogens (tertiary/aromatic N) is 3. The summed E-state index contributed by atoms with van der Waals surface area (Å²) in [7, 11) is 0. The van der Waals surface area contributed by atoms with Crippen LogP contribution in [0.15, 0.2) is 48.5 Å². The van der Waals surface area contributed by atoms with E-state index < -0.39 is 6.04 Å². The van der Waals surface area contributed by atoms with Gasteiger partial charge in [-0.1, -0.05) is 42.0 Å². The first-order valence-electron chi connectivity index (χ1n) is 10.9. The van der Waals surface area contributed by atoms with Crippen molar-refractivity contribution in [3.05, 3.63) is 59.7 Å². The van der Waals surface area contributed by atoms with E-state index in [-0.39, 0.29) is 24.0 Å². The lowest BCUT2D eigenvalue weighted by atomic mass is 10.1. The Balaban J connectivity index is 1.36. The summed E-state index contributed by atoms with van der Waals surface area (Å²) in [5, 5.41) is 13.0. The van der Waals surface area contributed by atoms with E-state index in [1.807, 2.05) is 17.0 Å². The number of hydrogen-bond acceptors (Lipinski definition) is 5. The molecule has 2 aromatic carbocycles. The van der Waals surface area contributed by atoms with E-state index in [2.05, 4.69) is 46.3 Å². The molecular weight excluding hydrogens is 392 g/mol. The van der Waals surface area contributed by atoms with Crippen molar-refractivity contribution in [1.29, 1.82) is 0 Å². The SMILES string of the molecule is Cc1ccc(CN2CCNC(=O)[C@@H]2CC(=O)N2CCN(c3ccccc3O)CC2)cc1. The lowest BCUT2D eigenvalue weighted by Crippen LogP contribution is -2.57. The Morgan fingerprint density at radius 1 is 1.03 bits per heavy atom. The molecule has 0 radical (unpaired) electrons. The summed E-state index contributed by atoms with van der Waals surface area (Å²) in [4.78, 5) is 31.6. The van der Waals surface area contributed by atoms with Crippen molar-refractivity contribution in [1.82, 2.24) is 15.1 Å². The number of hydrogen-bond donors (Lipinski definition) is 2. The lowest BCUT2D eigenvalue weighted by Gasteiger charge is -2.39. The van der Waals surface area contributed by atoms with Gasteiger partial charge in [0.2, 0.25) is 11.8 Å².